The zero-order valence-electron chi connectivity index (χ0n) is 15.6. The Kier molecular flexibility index (Phi) is 5.72. The van der Waals surface area contributed by atoms with Crippen molar-refractivity contribution in [2.75, 3.05) is 4.90 Å². The van der Waals surface area contributed by atoms with Gasteiger partial charge in [-0.15, -0.1) is 0 Å². The van der Waals surface area contributed by atoms with Crippen molar-refractivity contribution < 1.29 is 22.8 Å². The standard InChI is InChI=1S/C21H15BrF3N3O2/c1-11-16(10-26)17(12-5-7-14(22)8-6-12)18(19(27)29)20(30)28(11)15-4-2-3-13(9-15)21(23,24)25/h2-9,17-18H,1H3,(H2,27,29). The van der Waals surface area contributed by atoms with Crippen LogP contribution in [0.25, 0.3) is 0 Å². The molecule has 1 heterocycles. The minimum absolute atomic E-state index is 0.0816. The molecule has 0 bridgehead atoms. The highest BCUT2D eigenvalue weighted by molar-refractivity contribution is 9.10. The van der Waals surface area contributed by atoms with Crippen LogP contribution in [0.4, 0.5) is 18.9 Å². The summed E-state index contributed by atoms with van der Waals surface area (Å²) in [6.45, 7) is 1.46. The Bertz CT molecular complexity index is 1090. The van der Waals surface area contributed by atoms with Crippen molar-refractivity contribution in [2.45, 2.75) is 19.0 Å². The van der Waals surface area contributed by atoms with Crippen LogP contribution >= 0.6 is 15.9 Å². The summed E-state index contributed by atoms with van der Waals surface area (Å²) < 4.78 is 40.2. The van der Waals surface area contributed by atoms with Gasteiger partial charge in [0.05, 0.1) is 17.2 Å². The Labute approximate surface area is 178 Å². The molecule has 2 atom stereocenters. The Morgan fingerprint density at radius 1 is 1.20 bits per heavy atom. The summed E-state index contributed by atoms with van der Waals surface area (Å²) in [5.41, 5.74) is 5.21. The van der Waals surface area contributed by atoms with Gasteiger partial charge in [-0.3, -0.25) is 14.5 Å². The largest absolute Gasteiger partial charge is 0.416 e. The first-order valence-corrected chi connectivity index (χ1v) is 9.52. The lowest BCUT2D eigenvalue weighted by Crippen LogP contribution is -2.48. The van der Waals surface area contributed by atoms with Crippen LogP contribution in [0.15, 0.2) is 64.3 Å². The highest BCUT2D eigenvalue weighted by Gasteiger charge is 2.46. The molecular formula is C21H15BrF3N3O2. The SMILES string of the molecule is CC1=C(C#N)C(c2ccc(Br)cc2)C(C(N)=O)C(=O)N1c1cccc(C(F)(F)F)c1. The van der Waals surface area contributed by atoms with Crippen LogP contribution in [0, 0.1) is 17.2 Å². The average molecular weight is 478 g/mol. The van der Waals surface area contributed by atoms with E-state index in [0.29, 0.717) is 5.56 Å². The number of amides is 2. The maximum atomic E-state index is 13.2. The molecule has 0 saturated heterocycles. The van der Waals surface area contributed by atoms with Gasteiger partial charge < -0.3 is 5.73 Å². The molecule has 9 heteroatoms. The Morgan fingerprint density at radius 3 is 2.37 bits per heavy atom. The fourth-order valence-electron chi connectivity index (χ4n) is 3.57. The first-order valence-electron chi connectivity index (χ1n) is 8.73. The molecule has 3 rings (SSSR count). The van der Waals surface area contributed by atoms with Gasteiger partial charge in [0.15, 0.2) is 0 Å². The summed E-state index contributed by atoms with van der Waals surface area (Å²) >= 11 is 3.30. The number of hydrogen-bond donors (Lipinski definition) is 1. The summed E-state index contributed by atoms with van der Waals surface area (Å²) in [7, 11) is 0. The van der Waals surface area contributed by atoms with Crippen LogP contribution in [0.2, 0.25) is 0 Å². The van der Waals surface area contributed by atoms with E-state index in [1.54, 1.807) is 24.3 Å². The zero-order chi connectivity index (χ0) is 22.2. The van der Waals surface area contributed by atoms with E-state index in [9.17, 15) is 28.0 Å². The van der Waals surface area contributed by atoms with Crippen LogP contribution < -0.4 is 10.6 Å². The fraction of sp³-hybridized carbons (Fsp3) is 0.190. The molecule has 0 saturated carbocycles. The third-order valence-electron chi connectivity index (χ3n) is 4.94. The smallest absolute Gasteiger partial charge is 0.369 e. The van der Waals surface area contributed by atoms with Gasteiger partial charge in [0.1, 0.15) is 5.92 Å². The monoisotopic (exact) mass is 477 g/mol. The van der Waals surface area contributed by atoms with Gasteiger partial charge in [-0.25, -0.2) is 0 Å². The lowest BCUT2D eigenvalue weighted by molar-refractivity contribution is -0.138. The van der Waals surface area contributed by atoms with Gasteiger partial charge in [0.25, 0.3) is 0 Å². The van der Waals surface area contributed by atoms with Crippen LogP contribution in [0.3, 0.4) is 0 Å². The number of carbonyl (C=O) groups is 2. The summed E-state index contributed by atoms with van der Waals surface area (Å²) in [6.07, 6.45) is -4.62. The molecule has 30 heavy (non-hydrogen) atoms. The minimum Gasteiger partial charge on any atom is -0.369 e. The number of halogens is 4. The molecule has 2 aromatic rings. The number of rotatable bonds is 3. The lowest BCUT2D eigenvalue weighted by Gasteiger charge is -2.37. The molecule has 0 spiro atoms. The van der Waals surface area contributed by atoms with Gasteiger partial charge in [-0.2, -0.15) is 18.4 Å². The maximum Gasteiger partial charge on any atom is 0.416 e. The van der Waals surface area contributed by atoms with Crippen molar-refractivity contribution in [3.63, 3.8) is 0 Å². The summed E-state index contributed by atoms with van der Waals surface area (Å²) in [4.78, 5) is 26.4. The van der Waals surface area contributed by atoms with Gasteiger partial charge in [-0.05, 0) is 42.8 Å². The topological polar surface area (TPSA) is 87.2 Å². The van der Waals surface area contributed by atoms with Gasteiger partial charge in [0, 0.05) is 21.8 Å². The van der Waals surface area contributed by atoms with E-state index in [1.165, 1.54) is 13.0 Å². The maximum absolute atomic E-state index is 13.2. The highest BCUT2D eigenvalue weighted by Crippen LogP contribution is 2.42. The third kappa shape index (κ3) is 3.83. The predicted molar refractivity (Wildman–Crippen MR) is 107 cm³/mol. The summed E-state index contributed by atoms with van der Waals surface area (Å²) in [5, 5.41) is 9.79. The number of nitrogens with zero attached hydrogens (tertiary/aromatic N) is 2. The number of nitriles is 1. The molecule has 0 aromatic heterocycles. The molecule has 2 N–H and O–H groups in total. The zero-order valence-corrected chi connectivity index (χ0v) is 17.2. The minimum atomic E-state index is -4.62. The van der Waals surface area contributed by atoms with Crippen LogP contribution in [0.5, 0.6) is 0 Å². The normalized spacial score (nSPS) is 19.6. The predicted octanol–water partition coefficient (Wildman–Crippen LogP) is 4.50. The van der Waals surface area contributed by atoms with Crippen molar-refractivity contribution in [1.82, 2.24) is 0 Å². The average Bonchev–Trinajstić information content (AvgIpc) is 2.67. The van der Waals surface area contributed by atoms with Crippen LogP contribution in [-0.4, -0.2) is 11.8 Å². The van der Waals surface area contributed by atoms with E-state index in [0.717, 1.165) is 27.6 Å². The lowest BCUT2D eigenvalue weighted by atomic mass is 9.76. The van der Waals surface area contributed by atoms with E-state index < -0.39 is 35.4 Å². The van der Waals surface area contributed by atoms with Crippen molar-refractivity contribution in [1.29, 1.82) is 5.26 Å². The first kappa shape index (κ1) is 21.6. The number of benzene rings is 2. The van der Waals surface area contributed by atoms with Crippen molar-refractivity contribution in [2.24, 2.45) is 11.7 Å². The molecule has 2 amide bonds. The molecule has 1 aliphatic rings. The fourth-order valence-corrected chi connectivity index (χ4v) is 3.83. The number of allylic oxidation sites excluding steroid dienone is 2. The van der Waals surface area contributed by atoms with Crippen LogP contribution in [-0.2, 0) is 15.8 Å². The molecule has 0 fully saturated rings. The summed E-state index contributed by atoms with van der Waals surface area (Å²) in [5.74, 6) is -4.13. The molecule has 0 aliphatic carbocycles. The molecular weight excluding hydrogens is 463 g/mol. The van der Waals surface area contributed by atoms with Crippen molar-refractivity contribution in [3.8, 4) is 6.07 Å². The van der Waals surface area contributed by atoms with E-state index in [2.05, 4.69) is 15.9 Å². The Morgan fingerprint density at radius 2 is 1.83 bits per heavy atom. The Hall–Kier alpha value is -3.12. The number of anilines is 1. The van der Waals surface area contributed by atoms with E-state index in [4.69, 9.17) is 5.73 Å². The highest BCUT2D eigenvalue weighted by atomic mass is 79.9. The second kappa shape index (κ2) is 7.95. The molecule has 0 radical (unpaired) electrons. The van der Waals surface area contributed by atoms with Crippen molar-refractivity contribution in [3.05, 3.63) is 75.4 Å². The van der Waals surface area contributed by atoms with E-state index in [1.807, 2.05) is 6.07 Å². The molecule has 1 aliphatic heterocycles. The molecule has 5 nitrogen and oxygen atoms in total. The second-order valence-electron chi connectivity index (χ2n) is 6.74. The van der Waals surface area contributed by atoms with Gasteiger partial charge >= 0.3 is 6.18 Å². The van der Waals surface area contributed by atoms with E-state index in [-0.39, 0.29) is 17.0 Å². The summed E-state index contributed by atoms with van der Waals surface area (Å²) in [6, 6.07) is 12.9. The van der Waals surface area contributed by atoms with Crippen molar-refractivity contribution >= 4 is 33.4 Å². The number of nitrogens with two attached hydrogens (primary N) is 1. The number of primary amides is 1. The molecule has 154 valence electrons. The third-order valence-corrected chi connectivity index (χ3v) is 5.47. The molecule has 2 aromatic carbocycles. The first-order chi connectivity index (χ1) is 14.1. The Balaban J connectivity index is 2.22. The van der Waals surface area contributed by atoms with E-state index >= 15 is 0 Å². The second-order valence-corrected chi connectivity index (χ2v) is 7.66. The van der Waals surface area contributed by atoms with Gasteiger partial charge in [-0.1, -0.05) is 34.1 Å². The molecule has 2 unspecified atom stereocenters. The number of alkyl halides is 3. The number of hydrogen-bond acceptors (Lipinski definition) is 3. The van der Waals surface area contributed by atoms with Crippen LogP contribution in [0.1, 0.15) is 24.0 Å². The quantitative estimate of drug-likeness (QED) is 0.660. The number of carbonyl (C=O) groups excluding carboxylic acids is 2. The van der Waals surface area contributed by atoms with Gasteiger partial charge in [0.2, 0.25) is 11.8 Å².